The molecule has 0 fully saturated rings. The van der Waals surface area contributed by atoms with Gasteiger partial charge < -0.3 is 43.0 Å². The molecule has 0 bridgehead atoms. The highest BCUT2D eigenvalue weighted by Crippen LogP contribution is 2.27. The number of nitrogens with zero attached hydrogens (tertiary/aromatic N) is 9. The predicted molar refractivity (Wildman–Crippen MR) is 347 cm³/mol. The summed E-state index contributed by atoms with van der Waals surface area (Å²) in [5, 5.41) is 23.1. The second-order valence-electron chi connectivity index (χ2n) is 22.1. The molecule has 0 spiro atoms. The Morgan fingerprint density at radius 2 is 0.713 bits per heavy atom. The molecule has 3 heterocycles. The zero-order valence-corrected chi connectivity index (χ0v) is 49.9. The van der Waals surface area contributed by atoms with Crippen molar-refractivity contribution in [3.05, 3.63) is 254 Å². The topological polar surface area (TPSA) is 243 Å². The average Bonchev–Trinajstić information content (AvgIpc) is 3.70. The third-order valence-corrected chi connectivity index (χ3v) is 15.4. The van der Waals surface area contributed by atoms with E-state index >= 15 is 0 Å². The average molecular weight is 1180 g/mol. The van der Waals surface area contributed by atoms with Crippen molar-refractivity contribution in [2.75, 3.05) is 43.0 Å². The molecule has 3 aliphatic rings. The van der Waals surface area contributed by atoms with E-state index in [0.29, 0.717) is 90.0 Å². The highest BCUT2D eigenvalue weighted by atomic mass is 35.5. The standard InChI is InChI=1S/C27H27N7O.C21H23N5.C20H20ClN5/c1-17-30-26(34-27(31-17)32-22-14-20-6-2-3-7-21(20)15-22)29-16-18-10-12-19(13-11-18)25(35)33-24-9-5-4-8-23(24)28;1-14-7-9-16(10-8-14)13-22-20-23-15(2)24-21(26-20)25-19-11-17-5-3-4-6-18(17)12-19;1-13-6-8-14(9-7-13)12-22-19-24-18(21)25-20(26-19)23-17-10-15-4-2-3-5-16(15)11-17/h2-13,22H,14-16,28H2,1H3,(H,33,35)(H2,29,30,31,32,34);3-10,19H,11-13H2,1-2H3,(H2,22,23,24,25,26);2-9,17H,10-12H2,1H3,(H2,22,23,24,25,26). The minimum absolute atomic E-state index is 0.185. The van der Waals surface area contributed by atoms with E-state index in [9.17, 15) is 4.79 Å². The lowest BCUT2D eigenvalue weighted by Crippen LogP contribution is -2.22. The molecule has 19 heteroatoms. The fourth-order valence-corrected chi connectivity index (χ4v) is 11.0. The van der Waals surface area contributed by atoms with Crippen LogP contribution in [0.3, 0.4) is 0 Å². The SMILES string of the molecule is Cc1ccc(CNc2nc(C)nc(NC3Cc4ccccc4C3)n2)cc1.Cc1ccc(CNc2nc(Cl)nc(NC3Cc4ccccc4C3)n2)cc1.Cc1nc(NCc2ccc(C(=O)Nc3ccccc3N)cc2)nc(NC2Cc3ccccc3C2)n1. The van der Waals surface area contributed by atoms with Gasteiger partial charge in [-0.3, -0.25) is 4.79 Å². The van der Waals surface area contributed by atoms with Gasteiger partial charge in [-0.15, -0.1) is 0 Å². The number of nitrogens with one attached hydrogen (secondary N) is 7. The molecule has 0 saturated heterocycles. The van der Waals surface area contributed by atoms with Crippen LogP contribution in [-0.2, 0) is 58.2 Å². The van der Waals surface area contributed by atoms with Gasteiger partial charge in [-0.05, 0) is 152 Å². The van der Waals surface area contributed by atoms with Crippen LogP contribution >= 0.6 is 11.6 Å². The number of amides is 1. The summed E-state index contributed by atoms with van der Waals surface area (Å²) in [6.07, 6.45) is 5.86. The molecule has 0 radical (unpaired) electrons. The number of rotatable bonds is 17. The number of halogens is 1. The maximum absolute atomic E-state index is 12.5. The maximum Gasteiger partial charge on any atom is 0.255 e. The number of benzene rings is 7. The minimum atomic E-state index is -0.208. The molecule has 0 unspecified atom stereocenters. The van der Waals surface area contributed by atoms with E-state index in [1.165, 1.54) is 50.1 Å². The number of para-hydroxylation sites is 2. The smallest absolute Gasteiger partial charge is 0.255 e. The van der Waals surface area contributed by atoms with Crippen molar-refractivity contribution in [2.45, 2.75) is 104 Å². The third kappa shape index (κ3) is 16.4. The Balaban J connectivity index is 0.000000137. The largest absolute Gasteiger partial charge is 0.397 e. The fraction of sp³-hybridized carbons (Fsp3) is 0.235. The lowest BCUT2D eigenvalue weighted by molar-refractivity contribution is 0.102. The number of aryl methyl sites for hydroxylation is 4. The monoisotopic (exact) mass is 1180 g/mol. The number of carbonyl (C=O) groups is 1. The van der Waals surface area contributed by atoms with Crippen LogP contribution in [0.25, 0.3) is 0 Å². The van der Waals surface area contributed by atoms with E-state index in [0.717, 1.165) is 49.7 Å². The Kier molecular flexibility index (Phi) is 18.7. The van der Waals surface area contributed by atoms with Crippen LogP contribution in [0.15, 0.2) is 170 Å². The van der Waals surface area contributed by atoms with Crippen molar-refractivity contribution in [2.24, 2.45) is 0 Å². The Labute approximate surface area is 512 Å². The summed E-state index contributed by atoms with van der Waals surface area (Å²) in [7, 11) is 0. The van der Waals surface area contributed by atoms with Crippen LogP contribution < -0.4 is 43.0 Å². The highest BCUT2D eigenvalue weighted by molar-refractivity contribution is 6.28. The van der Waals surface area contributed by atoms with Crippen LogP contribution in [0, 0.1) is 27.7 Å². The number of hydrogen-bond acceptors (Lipinski definition) is 17. The quantitative estimate of drug-likeness (QED) is 0.0395. The molecule has 0 atom stereocenters. The van der Waals surface area contributed by atoms with Crippen molar-refractivity contribution in [1.82, 2.24) is 44.9 Å². The zero-order valence-electron chi connectivity index (χ0n) is 49.2. The normalized spacial score (nSPS) is 13.2. The van der Waals surface area contributed by atoms with Crippen LogP contribution in [0.1, 0.15) is 83.2 Å². The molecule has 87 heavy (non-hydrogen) atoms. The highest BCUT2D eigenvalue weighted by Gasteiger charge is 2.25. The van der Waals surface area contributed by atoms with Gasteiger partial charge in [0.25, 0.3) is 5.91 Å². The summed E-state index contributed by atoms with van der Waals surface area (Å²) >= 11 is 6.08. The van der Waals surface area contributed by atoms with Gasteiger partial charge in [-0.1, -0.05) is 157 Å². The molecule has 9 N–H and O–H groups in total. The lowest BCUT2D eigenvalue weighted by Gasteiger charge is -2.13. The molecular formula is C68H70ClN17O. The van der Waals surface area contributed by atoms with E-state index in [-0.39, 0.29) is 23.3 Å². The molecule has 0 saturated carbocycles. The molecule has 1 amide bonds. The molecule has 440 valence electrons. The molecule has 3 aliphatic carbocycles. The second-order valence-corrected chi connectivity index (χ2v) is 22.5. The Morgan fingerprint density at radius 1 is 0.402 bits per heavy atom. The van der Waals surface area contributed by atoms with Gasteiger partial charge in [0.1, 0.15) is 11.6 Å². The summed E-state index contributed by atoms with van der Waals surface area (Å²) in [6, 6.07) is 57.8. The van der Waals surface area contributed by atoms with E-state index in [1.54, 1.807) is 24.3 Å². The molecule has 0 aliphatic heterocycles. The number of nitrogens with two attached hydrogens (primary N) is 1. The first-order chi connectivity index (χ1) is 42.3. The lowest BCUT2D eigenvalue weighted by atomic mass is 10.1. The first-order valence-corrected chi connectivity index (χ1v) is 29.7. The van der Waals surface area contributed by atoms with Crippen LogP contribution in [-0.4, -0.2) is 68.9 Å². The van der Waals surface area contributed by atoms with Crippen molar-refractivity contribution in [1.29, 1.82) is 0 Å². The number of aromatic nitrogens is 9. The van der Waals surface area contributed by atoms with Gasteiger partial charge in [-0.25, -0.2) is 0 Å². The predicted octanol–water partition coefficient (Wildman–Crippen LogP) is 11.9. The van der Waals surface area contributed by atoms with Gasteiger partial charge in [0.2, 0.25) is 41.0 Å². The molecule has 18 nitrogen and oxygen atoms in total. The van der Waals surface area contributed by atoms with Crippen LogP contribution in [0.4, 0.5) is 47.1 Å². The first kappa shape index (κ1) is 58.7. The molecule has 3 aromatic heterocycles. The molecule has 13 rings (SSSR count). The maximum atomic E-state index is 12.5. The van der Waals surface area contributed by atoms with Crippen molar-refractivity contribution in [3.8, 4) is 0 Å². The zero-order chi connectivity index (χ0) is 60.1. The fourth-order valence-electron chi connectivity index (χ4n) is 10.8. The second kappa shape index (κ2) is 27.8. The summed E-state index contributed by atoms with van der Waals surface area (Å²) in [4.78, 5) is 52.2. The van der Waals surface area contributed by atoms with Crippen LogP contribution in [0.5, 0.6) is 0 Å². The number of fused-ring (bicyclic) bond motifs is 3. The molecular weight excluding hydrogens is 1110 g/mol. The minimum Gasteiger partial charge on any atom is -0.397 e. The molecule has 7 aromatic carbocycles. The Bertz CT molecular complexity index is 3750. The van der Waals surface area contributed by atoms with Gasteiger partial charge >= 0.3 is 0 Å². The summed E-state index contributed by atoms with van der Waals surface area (Å²) in [5.41, 5.74) is 21.8. The summed E-state index contributed by atoms with van der Waals surface area (Å²) in [5.74, 6) is 4.47. The number of carbonyl (C=O) groups excluding carboxylic acids is 1. The van der Waals surface area contributed by atoms with Crippen LogP contribution in [0.2, 0.25) is 5.28 Å². The van der Waals surface area contributed by atoms with Gasteiger partial charge in [0, 0.05) is 43.3 Å². The van der Waals surface area contributed by atoms with Gasteiger partial charge in [0.05, 0.1) is 11.4 Å². The summed E-state index contributed by atoms with van der Waals surface area (Å²) in [6.45, 7) is 9.76. The Hall–Kier alpha value is -10.1. The number of hydrogen-bond donors (Lipinski definition) is 8. The number of anilines is 8. The van der Waals surface area contributed by atoms with E-state index in [1.807, 2.05) is 38.1 Å². The molecule has 10 aromatic rings. The van der Waals surface area contributed by atoms with Crippen molar-refractivity contribution in [3.63, 3.8) is 0 Å². The summed E-state index contributed by atoms with van der Waals surface area (Å²) < 4.78 is 0. The van der Waals surface area contributed by atoms with Crippen molar-refractivity contribution < 1.29 is 4.79 Å². The number of nitrogen functional groups attached to an aromatic ring is 1. The van der Waals surface area contributed by atoms with E-state index < -0.39 is 0 Å². The van der Waals surface area contributed by atoms with E-state index in [4.69, 9.17) is 17.3 Å². The first-order valence-electron chi connectivity index (χ1n) is 29.3. The van der Waals surface area contributed by atoms with Gasteiger partial charge in [-0.2, -0.15) is 44.9 Å². The third-order valence-electron chi connectivity index (χ3n) is 15.3. The van der Waals surface area contributed by atoms with E-state index in [2.05, 4.69) is 217 Å². The Morgan fingerprint density at radius 3 is 1.09 bits per heavy atom. The van der Waals surface area contributed by atoms with Gasteiger partial charge in [0.15, 0.2) is 0 Å². The van der Waals surface area contributed by atoms with Crippen molar-refractivity contribution >= 4 is 64.6 Å².